The smallest absolute Gasteiger partial charge is 0.408 e. The van der Waals surface area contributed by atoms with Crippen molar-refractivity contribution in [1.29, 1.82) is 0 Å². The van der Waals surface area contributed by atoms with Crippen LogP contribution in [0.15, 0.2) is 0 Å². The number of hydrogen-bond acceptors (Lipinski definition) is 4. The molecule has 6 heteroatoms. The summed E-state index contributed by atoms with van der Waals surface area (Å²) in [6.07, 6.45) is -0.762. The fourth-order valence-electron chi connectivity index (χ4n) is 0.966. The van der Waals surface area contributed by atoms with Crippen molar-refractivity contribution in [2.24, 2.45) is 0 Å². The first kappa shape index (κ1) is 15.1. The van der Waals surface area contributed by atoms with Crippen LogP contribution < -0.4 is 5.32 Å². The molecule has 2 N–H and O–H groups in total. The lowest BCUT2D eigenvalue weighted by Gasteiger charge is -2.28. The lowest BCUT2D eigenvalue weighted by atomic mass is 10.0. The SMILES string of the molecule is CC(C)(C)OC(=O)N[C@@H](C(=O)O)C(C)(C)S. The molecular formula is C10H19NO4S. The van der Waals surface area contributed by atoms with Crippen molar-refractivity contribution in [2.75, 3.05) is 0 Å². The third kappa shape index (κ3) is 5.85. The van der Waals surface area contributed by atoms with E-state index in [1.807, 2.05) is 0 Å². The number of ether oxygens (including phenoxy) is 1. The zero-order valence-corrected chi connectivity index (χ0v) is 11.1. The minimum absolute atomic E-state index is 0.659. The molecule has 1 atom stereocenters. The monoisotopic (exact) mass is 249 g/mol. The van der Waals surface area contributed by atoms with Crippen molar-refractivity contribution in [2.45, 2.75) is 51.0 Å². The Bertz CT molecular complexity index is 278. The van der Waals surface area contributed by atoms with Gasteiger partial charge >= 0.3 is 12.1 Å². The summed E-state index contributed by atoms with van der Waals surface area (Å²) in [4.78, 5) is 22.3. The van der Waals surface area contributed by atoms with Crippen LogP contribution in [0.3, 0.4) is 0 Å². The molecular weight excluding hydrogens is 230 g/mol. The van der Waals surface area contributed by atoms with Crippen LogP contribution in [0.2, 0.25) is 0 Å². The summed E-state index contributed by atoms with van der Waals surface area (Å²) in [7, 11) is 0. The van der Waals surface area contributed by atoms with Crippen LogP contribution >= 0.6 is 12.6 Å². The van der Waals surface area contributed by atoms with Gasteiger partial charge in [-0.1, -0.05) is 0 Å². The van der Waals surface area contributed by atoms with E-state index in [4.69, 9.17) is 9.84 Å². The van der Waals surface area contributed by atoms with E-state index in [2.05, 4.69) is 17.9 Å². The Balaban J connectivity index is 4.56. The standard InChI is InChI=1S/C10H19NO4S/c1-9(2,3)15-8(14)11-6(7(12)13)10(4,5)16/h6,16H,1-5H3,(H,11,14)(H,12,13)/t6-/m0/s1. The van der Waals surface area contributed by atoms with Gasteiger partial charge in [0.25, 0.3) is 0 Å². The van der Waals surface area contributed by atoms with E-state index in [0.717, 1.165) is 0 Å². The Morgan fingerprint density at radius 2 is 1.69 bits per heavy atom. The number of hydrogen-bond donors (Lipinski definition) is 3. The molecule has 0 aromatic heterocycles. The molecule has 0 bridgehead atoms. The second-order valence-electron chi connectivity index (χ2n) is 5.07. The first-order valence-corrected chi connectivity index (χ1v) is 5.33. The van der Waals surface area contributed by atoms with Crippen molar-refractivity contribution in [3.63, 3.8) is 0 Å². The number of thiol groups is 1. The third-order valence-corrected chi connectivity index (χ3v) is 1.87. The zero-order chi connectivity index (χ0) is 13.1. The van der Waals surface area contributed by atoms with Crippen LogP contribution in [0, 0.1) is 0 Å². The molecule has 1 amide bonds. The van der Waals surface area contributed by atoms with Crippen LogP contribution in [-0.2, 0) is 9.53 Å². The highest BCUT2D eigenvalue weighted by atomic mass is 32.1. The van der Waals surface area contributed by atoms with Crippen LogP contribution in [0.25, 0.3) is 0 Å². The first-order chi connectivity index (χ1) is 6.93. The molecule has 0 spiro atoms. The number of carbonyl (C=O) groups is 2. The number of rotatable bonds is 3. The predicted molar refractivity (Wildman–Crippen MR) is 63.9 cm³/mol. The van der Waals surface area contributed by atoms with Gasteiger partial charge in [0.1, 0.15) is 11.6 Å². The van der Waals surface area contributed by atoms with E-state index in [1.165, 1.54) is 0 Å². The maximum Gasteiger partial charge on any atom is 0.408 e. The van der Waals surface area contributed by atoms with Crippen LogP contribution in [0.5, 0.6) is 0 Å². The molecule has 0 aliphatic carbocycles. The summed E-state index contributed by atoms with van der Waals surface area (Å²) < 4.78 is 4.09. The van der Waals surface area contributed by atoms with E-state index in [1.54, 1.807) is 34.6 Å². The number of nitrogens with one attached hydrogen (secondary N) is 1. The molecule has 16 heavy (non-hydrogen) atoms. The number of carboxylic acid groups (broad SMARTS) is 1. The van der Waals surface area contributed by atoms with Crippen LogP contribution in [-0.4, -0.2) is 33.6 Å². The Kier molecular flexibility index (Phi) is 4.67. The lowest BCUT2D eigenvalue weighted by Crippen LogP contribution is -2.52. The number of alkyl carbamates (subject to hydrolysis) is 1. The van der Waals surface area contributed by atoms with Gasteiger partial charge in [-0.05, 0) is 34.6 Å². The third-order valence-electron chi connectivity index (χ3n) is 1.61. The van der Waals surface area contributed by atoms with Crippen molar-refractivity contribution in [1.82, 2.24) is 5.32 Å². The Morgan fingerprint density at radius 1 is 1.25 bits per heavy atom. The van der Waals surface area contributed by atoms with E-state index >= 15 is 0 Å². The molecule has 0 aromatic rings. The molecule has 0 aromatic carbocycles. The van der Waals surface area contributed by atoms with E-state index in [0.29, 0.717) is 0 Å². The highest BCUT2D eigenvalue weighted by molar-refractivity contribution is 7.81. The number of aliphatic carboxylic acids is 1. The number of carbonyl (C=O) groups excluding carboxylic acids is 1. The van der Waals surface area contributed by atoms with Gasteiger partial charge in [0.2, 0.25) is 0 Å². The normalized spacial score (nSPS) is 14.1. The highest BCUT2D eigenvalue weighted by Crippen LogP contribution is 2.18. The molecule has 0 saturated carbocycles. The van der Waals surface area contributed by atoms with Crippen molar-refractivity contribution in [3.8, 4) is 0 Å². The molecule has 0 fully saturated rings. The maximum absolute atomic E-state index is 11.4. The fourth-order valence-corrected chi connectivity index (χ4v) is 1.14. The van der Waals surface area contributed by atoms with Gasteiger partial charge < -0.3 is 15.2 Å². The quantitative estimate of drug-likeness (QED) is 0.665. The van der Waals surface area contributed by atoms with Crippen LogP contribution in [0.4, 0.5) is 4.79 Å². The Hall–Kier alpha value is -0.910. The minimum atomic E-state index is -1.15. The van der Waals surface area contributed by atoms with E-state index in [-0.39, 0.29) is 0 Å². The average Bonchev–Trinajstić information content (AvgIpc) is 1.93. The lowest BCUT2D eigenvalue weighted by molar-refractivity contribution is -0.140. The molecule has 0 heterocycles. The van der Waals surface area contributed by atoms with E-state index < -0.39 is 28.5 Å². The fraction of sp³-hybridized carbons (Fsp3) is 0.800. The topological polar surface area (TPSA) is 75.6 Å². The maximum atomic E-state index is 11.4. The van der Waals surface area contributed by atoms with Crippen molar-refractivity contribution >= 4 is 24.7 Å². The molecule has 0 aliphatic heterocycles. The molecule has 5 nitrogen and oxygen atoms in total. The summed E-state index contributed by atoms with van der Waals surface area (Å²) >= 11 is 4.12. The molecule has 0 rings (SSSR count). The minimum Gasteiger partial charge on any atom is -0.480 e. The Labute approximate surface area is 101 Å². The average molecular weight is 249 g/mol. The second-order valence-corrected chi connectivity index (χ2v) is 6.22. The van der Waals surface area contributed by atoms with Crippen molar-refractivity contribution < 1.29 is 19.4 Å². The molecule has 0 aliphatic rings. The number of amides is 1. The molecule has 0 unspecified atom stereocenters. The van der Waals surface area contributed by atoms with Gasteiger partial charge in [-0.3, -0.25) is 0 Å². The summed E-state index contributed by atoms with van der Waals surface area (Å²) in [5, 5.41) is 11.2. The van der Waals surface area contributed by atoms with Crippen LogP contribution in [0.1, 0.15) is 34.6 Å². The molecule has 0 saturated heterocycles. The summed E-state index contributed by atoms with van der Waals surface area (Å²) in [5.74, 6) is -1.15. The molecule has 0 radical (unpaired) electrons. The van der Waals surface area contributed by atoms with Gasteiger partial charge in [-0.15, -0.1) is 0 Å². The number of carboxylic acids is 1. The first-order valence-electron chi connectivity index (χ1n) is 4.88. The largest absolute Gasteiger partial charge is 0.480 e. The highest BCUT2D eigenvalue weighted by Gasteiger charge is 2.34. The van der Waals surface area contributed by atoms with Gasteiger partial charge in [0, 0.05) is 4.75 Å². The second kappa shape index (κ2) is 4.95. The predicted octanol–water partition coefficient (Wildman–Crippen LogP) is 1.67. The van der Waals surface area contributed by atoms with Gasteiger partial charge in [-0.25, -0.2) is 9.59 Å². The summed E-state index contributed by atoms with van der Waals surface area (Å²) in [6, 6.07) is -1.11. The van der Waals surface area contributed by atoms with Gasteiger partial charge in [-0.2, -0.15) is 12.6 Å². The Morgan fingerprint density at radius 3 is 1.94 bits per heavy atom. The van der Waals surface area contributed by atoms with Gasteiger partial charge in [0.05, 0.1) is 0 Å². The van der Waals surface area contributed by atoms with Gasteiger partial charge in [0.15, 0.2) is 0 Å². The molecule has 94 valence electrons. The summed E-state index contributed by atoms with van der Waals surface area (Å²) in [6.45, 7) is 8.31. The summed E-state index contributed by atoms with van der Waals surface area (Å²) in [5.41, 5.74) is -0.659. The van der Waals surface area contributed by atoms with Crippen molar-refractivity contribution in [3.05, 3.63) is 0 Å². The van der Waals surface area contributed by atoms with E-state index in [9.17, 15) is 9.59 Å². The zero-order valence-electron chi connectivity index (χ0n) is 10.2.